The smallest absolute Gasteiger partial charge is 0.0952 e. The molecule has 0 radical (unpaired) electrons. The molecular weight excluding hydrogens is 230 g/mol. The largest absolute Gasteiger partial charge is 0.328 e. The van der Waals surface area contributed by atoms with E-state index < -0.39 is 0 Å². The van der Waals surface area contributed by atoms with Crippen LogP contribution in [0.1, 0.15) is 29.3 Å². The molecule has 2 rings (SSSR count). The normalized spacial score (nSPS) is 12.0. The molecule has 0 fully saturated rings. The summed E-state index contributed by atoms with van der Waals surface area (Å²) in [6.07, 6.45) is 3.85. The van der Waals surface area contributed by atoms with E-state index in [0.29, 0.717) is 0 Å². The van der Waals surface area contributed by atoms with Crippen molar-refractivity contribution < 1.29 is 0 Å². The van der Waals surface area contributed by atoms with Gasteiger partial charge in [0, 0.05) is 9.75 Å². The Labute approximate surface area is 107 Å². The summed E-state index contributed by atoms with van der Waals surface area (Å²) in [5.74, 6) is 0. The van der Waals surface area contributed by atoms with E-state index in [1.54, 1.807) is 0 Å². The third kappa shape index (κ3) is 2.58. The van der Waals surface area contributed by atoms with Crippen LogP contribution in [0, 0.1) is 6.92 Å². The number of hydrogen-bond acceptors (Lipinski definition) is 3. The summed E-state index contributed by atoms with van der Waals surface area (Å²) in [6.45, 7) is 7.37. The van der Waals surface area contributed by atoms with Crippen molar-refractivity contribution in [3.63, 3.8) is 0 Å². The molecule has 0 aliphatic rings. The average molecular weight is 249 g/mol. The summed E-state index contributed by atoms with van der Waals surface area (Å²) in [4.78, 5) is 6.99. The highest BCUT2D eigenvalue weighted by molar-refractivity contribution is 7.11. The van der Waals surface area contributed by atoms with Gasteiger partial charge in [-0.15, -0.1) is 11.3 Å². The van der Waals surface area contributed by atoms with Crippen molar-refractivity contribution in [2.45, 2.75) is 32.9 Å². The fourth-order valence-corrected chi connectivity index (χ4v) is 2.72. The van der Waals surface area contributed by atoms with Crippen LogP contribution in [0.15, 0.2) is 24.7 Å². The zero-order valence-electron chi connectivity index (χ0n) is 10.8. The van der Waals surface area contributed by atoms with Gasteiger partial charge in [-0.3, -0.25) is 0 Å². The maximum absolute atomic E-state index is 4.27. The maximum atomic E-state index is 4.27. The predicted molar refractivity (Wildman–Crippen MR) is 72.5 cm³/mol. The molecule has 92 valence electrons. The van der Waals surface area contributed by atoms with Crippen molar-refractivity contribution in [2.75, 3.05) is 7.05 Å². The number of nitrogens with one attached hydrogen (secondary N) is 1. The van der Waals surface area contributed by atoms with E-state index in [-0.39, 0.29) is 5.54 Å². The first-order valence-corrected chi connectivity index (χ1v) is 6.59. The number of aromatic nitrogens is 2. The fraction of sp³-hybridized carbons (Fsp3) is 0.462. The Bertz CT molecular complexity index is 496. The van der Waals surface area contributed by atoms with Gasteiger partial charge in [-0.05, 0) is 40.0 Å². The molecule has 0 spiro atoms. The average Bonchev–Trinajstić information content (AvgIpc) is 2.89. The second-order valence-corrected chi connectivity index (χ2v) is 6.17. The van der Waals surface area contributed by atoms with Crippen LogP contribution in [0.2, 0.25) is 0 Å². The molecule has 0 saturated heterocycles. The minimum Gasteiger partial charge on any atom is -0.328 e. The number of hydrogen-bond donors (Lipinski definition) is 1. The van der Waals surface area contributed by atoms with Crippen LogP contribution >= 0.6 is 11.3 Å². The molecule has 0 aliphatic heterocycles. The molecule has 0 aliphatic carbocycles. The van der Waals surface area contributed by atoms with Crippen LogP contribution in [-0.2, 0) is 12.1 Å². The van der Waals surface area contributed by atoms with Crippen LogP contribution in [0.3, 0.4) is 0 Å². The fourth-order valence-electron chi connectivity index (χ4n) is 1.83. The lowest BCUT2D eigenvalue weighted by Crippen LogP contribution is -2.35. The number of thiophene rings is 1. The Kier molecular flexibility index (Phi) is 3.35. The summed E-state index contributed by atoms with van der Waals surface area (Å²) in [5, 5.41) is 3.32. The molecule has 0 bridgehead atoms. The Morgan fingerprint density at radius 1 is 1.41 bits per heavy atom. The summed E-state index contributed by atoms with van der Waals surface area (Å²) >= 11 is 1.84. The van der Waals surface area contributed by atoms with Gasteiger partial charge in [-0.2, -0.15) is 0 Å². The van der Waals surface area contributed by atoms with E-state index in [0.717, 1.165) is 6.54 Å². The standard InChI is InChI=1S/C13H19N3S/c1-10-5-6-11(17-10)8-16-9-15-7-12(16)13(2,3)14-4/h5-7,9,14H,8H2,1-4H3. The molecule has 17 heavy (non-hydrogen) atoms. The van der Waals surface area contributed by atoms with Crippen molar-refractivity contribution in [1.82, 2.24) is 14.9 Å². The quantitative estimate of drug-likeness (QED) is 0.903. The molecule has 4 heteroatoms. The number of aryl methyl sites for hydroxylation is 1. The van der Waals surface area contributed by atoms with Gasteiger partial charge in [0.25, 0.3) is 0 Å². The van der Waals surface area contributed by atoms with Crippen molar-refractivity contribution in [3.05, 3.63) is 40.1 Å². The number of nitrogens with zero attached hydrogens (tertiary/aromatic N) is 2. The van der Waals surface area contributed by atoms with Gasteiger partial charge in [0.2, 0.25) is 0 Å². The number of imidazole rings is 1. The van der Waals surface area contributed by atoms with Gasteiger partial charge in [-0.25, -0.2) is 4.98 Å². The minimum atomic E-state index is -0.0528. The Hall–Kier alpha value is -1.13. The van der Waals surface area contributed by atoms with E-state index >= 15 is 0 Å². The first kappa shape index (κ1) is 12.3. The minimum absolute atomic E-state index is 0.0528. The van der Waals surface area contributed by atoms with Crippen LogP contribution in [0.25, 0.3) is 0 Å². The molecule has 3 nitrogen and oxygen atoms in total. The number of rotatable bonds is 4. The molecule has 1 N–H and O–H groups in total. The van der Waals surface area contributed by atoms with E-state index in [1.807, 2.05) is 30.9 Å². The van der Waals surface area contributed by atoms with E-state index in [9.17, 15) is 0 Å². The predicted octanol–water partition coefficient (Wildman–Crippen LogP) is 2.76. The lowest BCUT2D eigenvalue weighted by molar-refractivity contribution is 0.414. The van der Waals surface area contributed by atoms with Gasteiger partial charge < -0.3 is 9.88 Å². The summed E-state index contributed by atoms with van der Waals surface area (Å²) in [7, 11) is 1.98. The van der Waals surface area contributed by atoms with E-state index in [1.165, 1.54) is 15.4 Å². The van der Waals surface area contributed by atoms with Crippen LogP contribution in [0.4, 0.5) is 0 Å². The van der Waals surface area contributed by atoms with Crippen molar-refractivity contribution in [3.8, 4) is 0 Å². The van der Waals surface area contributed by atoms with Crippen molar-refractivity contribution in [1.29, 1.82) is 0 Å². The second kappa shape index (κ2) is 4.63. The summed E-state index contributed by atoms with van der Waals surface area (Å²) < 4.78 is 2.21. The van der Waals surface area contributed by atoms with Gasteiger partial charge >= 0.3 is 0 Å². The molecule has 0 amide bonds. The summed E-state index contributed by atoms with van der Waals surface area (Å²) in [5.41, 5.74) is 1.16. The van der Waals surface area contributed by atoms with Crippen molar-refractivity contribution >= 4 is 11.3 Å². The highest BCUT2D eigenvalue weighted by Crippen LogP contribution is 2.22. The van der Waals surface area contributed by atoms with E-state index in [4.69, 9.17) is 0 Å². The highest BCUT2D eigenvalue weighted by Gasteiger charge is 2.22. The zero-order chi connectivity index (χ0) is 12.5. The molecule has 2 heterocycles. The lowest BCUT2D eigenvalue weighted by atomic mass is 10.0. The van der Waals surface area contributed by atoms with Gasteiger partial charge in [-0.1, -0.05) is 0 Å². The van der Waals surface area contributed by atoms with Crippen molar-refractivity contribution in [2.24, 2.45) is 0 Å². The first-order chi connectivity index (χ1) is 8.03. The third-order valence-corrected chi connectivity index (χ3v) is 4.09. The Morgan fingerprint density at radius 2 is 2.18 bits per heavy atom. The molecule has 0 atom stereocenters. The summed E-state index contributed by atoms with van der Waals surface area (Å²) in [6, 6.07) is 4.36. The third-order valence-electron chi connectivity index (χ3n) is 3.10. The second-order valence-electron chi connectivity index (χ2n) is 4.79. The van der Waals surface area contributed by atoms with Crippen LogP contribution < -0.4 is 5.32 Å². The highest BCUT2D eigenvalue weighted by atomic mass is 32.1. The van der Waals surface area contributed by atoms with Crippen LogP contribution in [0.5, 0.6) is 0 Å². The van der Waals surface area contributed by atoms with E-state index in [2.05, 4.69) is 47.8 Å². The molecular formula is C13H19N3S. The SMILES string of the molecule is CNC(C)(C)c1cncn1Cc1ccc(C)s1. The zero-order valence-corrected chi connectivity index (χ0v) is 11.6. The van der Waals surface area contributed by atoms with Gasteiger partial charge in [0.1, 0.15) is 0 Å². The first-order valence-electron chi connectivity index (χ1n) is 5.78. The van der Waals surface area contributed by atoms with Gasteiger partial charge in [0.05, 0.1) is 30.3 Å². The van der Waals surface area contributed by atoms with Gasteiger partial charge in [0.15, 0.2) is 0 Å². The lowest BCUT2D eigenvalue weighted by Gasteiger charge is -2.25. The molecule has 2 aromatic rings. The Balaban J connectivity index is 2.26. The topological polar surface area (TPSA) is 29.9 Å². The maximum Gasteiger partial charge on any atom is 0.0952 e. The molecule has 0 saturated carbocycles. The molecule has 2 aromatic heterocycles. The molecule has 0 aromatic carbocycles. The molecule has 0 unspecified atom stereocenters. The monoisotopic (exact) mass is 249 g/mol. The Morgan fingerprint density at radius 3 is 2.76 bits per heavy atom. The van der Waals surface area contributed by atoms with Crippen LogP contribution in [-0.4, -0.2) is 16.6 Å².